The van der Waals surface area contributed by atoms with E-state index in [0.717, 1.165) is 31.1 Å². The van der Waals surface area contributed by atoms with E-state index in [1.807, 2.05) is 12.1 Å². The summed E-state index contributed by atoms with van der Waals surface area (Å²) in [6.07, 6.45) is 11.4. The van der Waals surface area contributed by atoms with Gasteiger partial charge in [0.25, 0.3) is 0 Å². The summed E-state index contributed by atoms with van der Waals surface area (Å²) >= 11 is 0. The lowest BCUT2D eigenvalue weighted by molar-refractivity contribution is -0.0527. The normalized spacial score (nSPS) is 32.6. The first-order valence-corrected chi connectivity index (χ1v) is 11.8. The lowest BCUT2D eigenvalue weighted by Gasteiger charge is -2.49. The summed E-state index contributed by atoms with van der Waals surface area (Å²) in [6.45, 7) is 11.5. The quantitative estimate of drug-likeness (QED) is 0.495. The minimum absolute atomic E-state index is 0.162. The predicted molar refractivity (Wildman–Crippen MR) is 122 cm³/mol. The Labute approximate surface area is 178 Å². The van der Waals surface area contributed by atoms with Gasteiger partial charge in [0, 0.05) is 0 Å². The highest BCUT2D eigenvalue weighted by molar-refractivity contribution is 5.34. The molecule has 0 spiro atoms. The maximum atomic E-state index is 10.9. The fourth-order valence-electron chi connectivity index (χ4n) is 6.72. The summed E-state index contributed by atoms with van der Waals surface area (Å²) in [4.78, 5) is 0. The van der Waals surface area contributed by atoms with Crippen molar-refractivity contribution >= 4 is 0 Å². The number of benzene rings is 1. The molecule has 162 valence electrons. The van der Waals surface area contributed by atoms with Crippen molar-refractivity contribution in [2.75, 3.05) is 0 Å². The largest absolute Gasteiger partial charge is 0.508 e. The molecule has 0 bridgehead atoms. The SMILES string of the molecule is CC(C)=CCC[C@@H](C)[C@H]1CC[C@H]2[C@H](CCc3cc(O)ccc3C)[C@H](O)CC[C@]12C. The van der Waals surface area contributed by atoms with Gasteiger partial charge < -0.3 is 10.2 Å². The van der Waals surface area contributed by atoms with Crippen molar-refractivity contribution in [3.05, 3.63) is 41.0 Å². The maximum Gasteiger partial charge on any atom is 0.115 e. The zero-order chi connectivity index (χ0) is 21.2. The van der Waals surface area contributed by atoms with Crippen molar-refractivity contribution in [1.82, 2.24) is 0 Å². The highest BCUT2D eigenvalue weighted by atomic mass is 16.3. The Balaban J connectivity index is 1.69. The molecule has 29 heavy (non-hydrogen) atoms. The van der Waals surface area contributed by atoms with Gasteiger partial charge in [0.05, 0.1) is 6.10 Å². The van der Waals surface area contributed by atoms with E-state index in [1.165, 1.54) is 48.8 Å². The van der Waals surface area contributed by atoms with Crippen LogP contribution in [0, 0.1) is 36.0 Å². The molecule has 3 rings (SSSR count). The van der Waals surface area contributed by atoms with E-state index in [1.54, 1.807) is 6.07 Å². The van der Waals surface area contributed by atoms with Crippen LogP contribution in [0.5, 0.6) is 5.75 Å². The molecular weight excluding hydrogens is 356 g/mol. The van der Waals surface area contributed by atoms with E-state index in [-0.39, 0.29) is 6.10 Å². The summed E-state index contributed by atoms with van der Waals surface area (Å²) in [6, 6.07) is 5.68. The summed E-state index contributed by atoms with van der Waals surface area (Å²) in [5.41, 5.74) is 4.28. The Hall–Kier alpha value is -1.28. The summed E-state index contributed by atoms with van der Waals surface area (Å²) in [5.74, 6) is 2.93. The van der Waals surface area contributed by atoms with Crippen LogP contribution in [-0.2, 0) is 6.42 Å². The Morgan fingerprint density at radius 3 is 2.72 bits per heavy atom. The van der Waals surface area contributed by atoms with Crippen LogP contribution in [0.4, 0.5) is 0 Å². The second-order valence-electron chi connectivity index (χ2n) is 10.6. The molecule has 2 nitrogen and oxygen atoms in total. The third kappa shape index (κ3) is 4.90. The van der Waals surface area contributed by atoms with Gasteiger partial charge in [-0.25, -0.2) is 0 Å². The number of hydrogen-bond acceptors (Lipinski definition) is 2. The van der Waals surface area contributed by atoms with E-state index < -0.39 is 0 Å². The number of rotatable bonds is 7. The predicted octanol–water partition coefficient (Wildman–Crippen LogP) is 6.82. The van der Waals surface area contributed by atoms with Crippen LogP contribution in [0.25, 0.3) is 0 Å². The first-order chi connectivity index (χ1) is 13.7. The third-order valence-electron chi connectivity index (χ3n) is 8.41. The second-order valence-corrected chi connectivity index (χ2v) is 10.6. The van der Waals surface area contributed by atoms with Gasteiger partial charge >= 0.3 is 0 Å². The molecule has 2 fully saturated rings. The second kappa shape index (κ2) is 9.25. The number of aryl methyl sites for hydroxylation is 2. The standard InChI is InChI=1S/C27H42O2/c1-18(2)7-6-8-20(4)24-13-14-25-23(26(29)15-16-27(24,25)5)12-10-21-17-22(28)11-9-19(21)3/h7,9,11,17,20,23-26,28-29H,6,8,10,12-16H2,1-5H3/t20-,23+,24-,25+,26-,27-/m1/s1. The van der Waals surface area contributed by atoms with Crippen molar-refractivity contribution in [2.24, 2.45) is 29.1 Å². The first kappa shape index (κ1) is 22.4. The van der Waals surface area contributed by atoms with Crippen LogP contribution in [0.2, 0.25) is 0 Å². The number of allylic oxidation sites excluding steroid dienone is 2. The molecule has 0 aromatic heterocycles. The number of hydrogen-bond donors (Lipinski definition) is 2. The highest BCUT2D eigenvalue weighted by Crippen LogP contribution is 2.60. The Morgan fingerprint density at radius 1 is 1.24 bits per heavy atom. The lowest BCUT2D eigenvalue weighted by atomic mass is 9.57. The Morgan fingerprint density at radius 2 is 2.00 bits per heavy atom. The number of aliphatic hydroxyl groups is 1. The van der Waals surface area contributed by atoms with Crippen molar-refractivity contribution in [3.63, 3.8) is 0 Å². The molecule has 0 heterocycles. The Bertz CT molecular complexity index is 717. The summed E-state index contributed by atoms with van der Waals surface area (Å²) in [5, 5.41) is 20.8. The average Bonchev–Trinajstić information content (AvgIpc) is 3.01. The van der Waals surface area contributed by atoms with Crippen LogP contribution in [0.15, 0.2) is 29.8 Å². The number of aromatic hydroxyl groups is 1. The zero-order valence-electron chi connectivity index (χ0n) is 19.2. The minimum atomic E-state index is -0.162. The van der Waals surface area contributed by atoms with Crippen LogP contribution in [-0.4, -0.2) is 16.3 Å². The number of phenolic OH excluding ortho intramolecular Hbond substituents is 1. The van der Waals surface area contributed by atoms with E-state index >= 15 is 0 Å². The van der Waals surface area contributed by atoms with E-state index in [2.05, 4.69) is 40.7 Å². The monoisotopic (exact) mass is 398 g/mol. The number of aliphatic hydroxyl groups excluding tert-OH is 1. The molecule has 1 aromatic carbocycles. The molecule has 0 unspecified atom stereocenters. The summed E-state index contributed by atoms with van der Waals surface area (Å²) < 4.78 is 0. The summed E-state index contributed by atoms with van der Waals surface area (Å²) in [7, 11) is 0. The minimum Gasteiger partial charge on any atom is -0.508 e. The number of fused-ring (bicyclic) bond motifs is 1. The Kier molecular flexibility index (Phi) is 7.14. The molecule has 0 radical (unpaired) electrons. The molecule has 2 N–H and O–H groups in total. The van der Waals surface area contributed by atoms with Gasteiger partial charge in [-0.15, -0.1) is 0 Å². The molecular formula is C27H42O2. The lowest BCUT2D eigenvalue weighted by Crippen LogP contribution is -2.45. The molecule has 1 aromatic rings. The van der Waals surface area contributed by atoms with Crippen molar-refractivity contribution in [3.8, 4) is 5.75 Å². The average molecular weight is 399 g/mol. The first-order valence-electron chi connectivity index (χ1n) is 11.8. The van der Waals surface area contributed by atoms with E-state index in [9.17, 15) is 10.2 Å². The van der Waals surface area contributed by atoms with Crippen LogP contribution in [0.1, 0.15) is 83.8 Å². The molecule has 2 aliphatic rings. The van der Waals surface area contributed by atoms with Crippen LogP contribution in [0.3, 0.4) is 0 Å². The van der Waals surface area contributed by atoms with Gasteiger partial charge in [-0.2, -0.15) is 0 Å². The molecule has 0 aliphatic heterocycles. The van der Waals surface area contributed by atoms with Gasteiger partial charge in [0.1, 0.15) is 5.75 Å². The van der Waals surface area contributed by atoms with Gasteiger partial charge in [-0.05, 0) is 124 Å². The fraction of sp³-hybridized carbons (Fsp3) is 0.704. The fourth-order valence-corrected chi connectivity index (χ4v) is 6.72. The van der Waals surface area contributed by atoms with Gasteiger partial charge in [0.15, 0.2) is 0 Å². The van der Waals surface area contributed by atoms with Crippen LogP contribution < -0.4 is 0 Å². The molecule has 2 aliphatic carbocycles. The molecule has 6 atom stereocenters. The molecule has 2 heteroatoms. The van der Waals surface area contributed by atoms with Gasteiger partial charge in [0.2, 0.25) is 0 Å². The van der Waals surface area contributed by atoms with Crippen molar-refractivity contribution in [2.45, 2.75) is 92.1 Å². The van der Waals surface area contributed by atoms with Crippen molar-refractivity contribution in [1.29, 1.82) is 0 Å². The topological polar surface area (TPSA) is 40.5 Å². The molecule has 0 amide bonds. The van der Waals surface area contributed by atoms with E-state index in [4.69, 9.17) is 0 Å². The van der Waals surface area contributed by atoms with Gasteiger partial charge in [-0.1, -0.05) is 31.6 Å². The molecule has 0 saturated heterocycles. The number of phenols is 1. The van der Waals surface area contributed by atoms with Crippen molar-refractivity contribution < 1.29 is 10.2 Å². The van der Waals surface area contributed by atoms with Gasteiger partial charge in [-0.3, -0.25) is 0 Å². The smallest absolute Gasteiger partial charge is 0.115 e. The maximum absolute atomic E-state index is 10.9. The third-order valence-corrected chi connectivity index (χ3v) is 8.41. The zero-order valence-corrected chi connectivity index (χ0v) is 19.2. The van der Waals surface area contributed by atoms with Crippen LogP contribution >= 0.6 is 0 Å². The molecule has 2 saturated carbocycles. The highest BCUT2D eigenvalue weighted by Gasteiger charge is 2.54. The van der Waals surface area contributed by atoms with E-state index in [0.29, 0.717) is 23.0 Å².